The summed E-state index contributed by atoms with van der Waals surface area (Å²) in [5.74, 6) is 0.383. The summed E-state index contributed by atoms with van der Waals surface area (Å²) in [7, 11) is 0. The van der Waals surface area contributed by atoms with Gasteiger partial charge in [-0.25, -0.2) is 0 Å². The summed E-state index contributed by atoms with van der Waals surface area (Å²) < 4.78 is 5.53. The molecule has 0 aliphatic heterocycles. The Kier molecular flexibility index (Phi) is 4.74. The average molecular weight is 264 g/mol. The monoisotopic (exact) mass is 264 g/mol. The molecule has 0 amide bonds. The summed E-state index contributed by atoms with van der Waals surface area (Å²) in [6, 6.07) is 5.73. The van der Waals surface area contributed by atoms with Crippen molar-refractivity contribution in [1.29, 1.82) is 0 Å². The number of benzene rings is 1. The fourth-order valence-electron chi connectivity index (χ4n) is 1.81. The van der Waals surface area contributed by atoms with E-state index < -0.39 is 0 Å². The van der Waals surface area contributed by atoms with Gasteiger partial charge in [-0.1, -0.05) is 19.4 Å². The van der Waals surface area contributed by atoms with Gasteiger partial charge in [-0.3, -0.25) is 10.1 Å². The number of unbranched alkanes of at least 4 members (excludes halogenated alkanes) is 1. The zero-order valence-corrected chi connectivity index (χ0v) is 11.2. The first-order valence-corrected chi connectivity index (χ1v) is 6.84. The molecule has 0 atom stereocenters. The fourth-order valence-corrected chi connectivity index (χ4v) is 1.81. The first-order chi connectivity index (χ1) is 9.20. The van der Waals surface area contributed by atoms with Crippen LogP contribution < -0.4 is 10.1 Å². The van der Waals surface area contributed by atoms with Crippen molar-refractivity contribution in [3.63, 3.8) is 0 Å². The van der Waals surface area contributed by atoms with E-state index in [-0.39, 0.29) is 10.6 Å². The van der Waals surface area contributed by atoms with Crippen LogP contribution in [0, 0.1) is 10.1 Å². The predicted octanol–water partition coefficient (Wildman–Crippen LogP) is 3.03. The van der Waals surface area contributed by atoms with Crippen LogP contribution in [0.3, 0.4) is 0 Å². The van der Waals surface area contributed by atoms with Crippen LogP contribution in [0.1, 0.15) is 38.2 Å². The Hall–Kier alpha value is -1.62. The average Bonchev–Trinajstić information content (AvgIpc) is 3.20. The number of hydrogen-bond donors (Lipinski definition) is 1. The molecule has 0 radical (unpaired) electrons. The maximum atomic E-state index is 11.0. The Labute approximate surface area is 113 Å². The van der Waals surface area contributed by atoms with Crippen LogP contribution in [0.2, 0.25) is 0 Å². The number of nitrogens with zero attached hydrogens (tertiary/aromatic N) is 1. The molecule has 104 valence electrons. The first kappa shape index (κ1) is 13.8. The zero-order chi connectivity index (χ0) is 13.7. The molecule has 0 aromatic heterocycles. The molecule has 1 fully saturated rings. The lowest BCUT2D eigenvalue weighted by atomic mass is 10.2. The second-order valence-electron chi connectivity index (χ2n) is 4.92. The van der Waals surface area contributed by atoms with Crippen molar-refractivity contribution in [2.75, 3.05) is 6.61 Å². The molecular formula is C14H20N2O3. The minimum Gasteiger partial charge on any atom is -0.487 e. The maximum Gasteiger partial charge on any atom is 0.310 e. The number of nitrogens with one attached hydrogen (secondary N) is 1. The summed E-state index contributed by atoms with van der Waals surface area (Å²) in [6.07, 6.45) is 4.37. The van der Waals surface area contributed by atoms with Crippen molar-refractivity contribution in [1.82, 2.24) is 5.32 Å². The summed E-state index contributed by atoms with van der Waals surface area (Å²) >= 11 is 0. The van der Waals surface area contributed by atoms with Crippen LogP contribution in [0.5, 0.6) is 5.75 Å². The van der Waals surface area contributed by atoms with Crippen molar-refractivity contribution in [2.45, 2.75) is 45.2 Å². The summed E-state index contributed by atoms with van der Waals surface area (Å²) in [6.45, 7) is 3.33. The molecular weight excluding hydrogens is 244 g/mol. The molecule has 5 heteroatoms. The Morgan fingerprint density at radius 1 is 1.47 bits per heavy atom. The molecule has 1 saturated carbocycles. The van der Waals surface area contributed by atoms with Crippen molar-refractivity contribution < 1.29 is 9.66 Å². The Morgan fingerprint density at radius 2 is 2.26 bits per heavy atom. The van der Waals surface area contributed by atoms with E-state index in [4.69, 9.17) is 4.74 Å². The molecule has 0 spiro atoms. The Balaban J connectivity index is 2.04. The predicted molar refractivity (Wildman–Crippen MR) is 73.4 cm³/mol. The minimum atomic E-state index is -0.390. The molecule has 0 heterocycles. The molecule has 1 aliphatic rings. The number of hydrogen-bond acceptors (Lipinski definition) is 4. The smallest absolute Gasteiger partial charge is 0.310 e. The third kappa shape index (κ3) is 4.21. The molecule has 0 saturated heterocycles. The van der Waals surface area contributed by atoms with E-state index in [9.17, 15) is 10.1 Å². The summed E-state index contributed by atoms with van der Waals surface area (Å²) in [5, 5.41) is 14.3. The van der Waals surface area contributed by atoms with Crippen LogP contribution in [-0.2, 0) is 6.54 Å². The van der Waals surface area contributed by atoms with Crippen LogP contribution >= 0.6 is 0 Å². The highest BCUT2D eigenvalue weighted by atomic mass is 16.6. The SMILES string of the molecule is CCCCOc1cc(CNC2CC2)ccc1[N+](=O)[O-]. The molecule has 19 heavy (non-hydrogen) atoms. The zero-order valence-electron chi connectivity index (χ0n) is 11.2. The van der Waals surface area contributed by atoms with Gasteiger partial charge in [0.05, 0.1) is 11.5 Å². The number of ether oxygens (including phenoxy) is 1. The van der Waals surface area contributed by atoms with Gasteiger partial charge < -0.3 is 10.1 Å². The van der Waals surface area contributed by atoms with E-state index in [1.165, 1.54) is 18.9 Å². The Morgan fingerprint density at radius 3 is 2.89 bits per heavy atom. The third-order valence-electron chi connectivity index (χ3n) is 3.15. The van der Waals surface area contributed by atoms with E-state index >= 15 is 0 Å². The highest BCUT2D eigenvalue weighted by Crippen LogP contribution is 2.28. The van der Waals surface area contributed by atoms with E-state index in [0.29, 0.717) is 18.4 Å². The third-order valence-corrected chi connectivity index (χ3v) is 3.15. The summed E-state index contributed by atoms with van der Waals surface area (Å²) in [5.41, 5.74) is 1.08. The normalized spacial score (nSPS) is 14.4. The molecule has 1 aromatic rings. The molecule has 1 aromatic carbocycles. The molecule has 0 bridgehead atoms. The summed E-state index contributed by atoms with van der Waals surface area (Å²) in [4.78, 5) is 10.6. The van der Waals surface area contributed by atoms with Gasteiger partial charge >= 0.3 is 5.69 Å². The van der Waals surface area contributed by atoms with E-state index in [1.54, 1.807) is 12.1 Å². The van der Waals surface area contributed by atoms with Crippen LogP contribution in [0.15, 0.2) is 18.2 Å². The van der Waals surface area contributed by atoms with Crippen molar-refractivity contribution in [3.8, 4) is 5.75 Å². The lowest BCUT2D eigenvalue weighted by molar-refractivity contribution is -0.385. The number of nitro groups is 1. The van der Waals surface area contributed by atoms with Gasteiger partial charge in [-0.2, -0.15) is 0 Å². The van der Waals surface area contributed by atoms with Gasteiger partial charge in [0.15, 0.2) is 5.75 Å². The van der Waals surface area contributed by atoms with Crippen molar-refractivity contribution >= 4 is 5.69 Å². The van der Waals surface area contributed by atoms with E-state index in [0.717, 1.165) is 24.9 Å². The van der Waals surface area contributed by atoms with Gasteiger partial charge in [0.2, 0.25) is 0 Å². The van der Waals surface area contributed by atoms with Gasteiger partial charge in [0.25, 0.3) is 0 Å². The first-order valence-electron chi connectivity index (χ1n) is 6.84. The van der Waals surface area contributed by atoms with E-state index in [1.807, 2.05) is 0 Å². The molecule has 5 nitrogen and oxygen atoms in total. The lowest BCUT2D eigenvalue weighted by Gasteiger charge is -2.09. The number of nitro benzene ring substituents is 1. The second kappa shape index (κ2) is 6.52. The van der Waals surface area contributed by atoms with Crippen LogP contribution in [0.25, 0.3) is 0 Å². The van der Waals surface area contributed by atoms with Gasteiger partial charge in [0, 0.05) is 18.7 Å². The molecule has 0 unspecified atom stereocenters. The molecule has 2 rings (SSSR count). The maximum absolute atomic E-state index is 11.0. The highest BCUT2D eigenvalue weighted by molar-refractivity contribution is 5.48. The topological polar surface area (TPSA) is 64.4 Å². The Bertz CT molecular complexity index is 444. The second-order valence-corrected chi connectivity index (χ2v) is 4.92. The van der Waals surface area contributed by atoms with Crippen LogP contribution in [0.4, 0.5) is 5.69 Å². The van der Waals surface area contributed by atoms with Crippen molar-refractivity contribution in [3.05, 3.63) is 33.9 Å². The molecule has 1 N–H and O–H groups in total. The van der Waals surface area contributed by atoms with Crippen LogP contribution in [-0.4, -0.2) is 17.6 Å². The van der Waals surface area contributed by atoms with Gasteiger partial charge in [-0.15, -0.1) is 0 Å². The highest BCUT2D eigenvalue weighted by Gasteiger charge is 2.21. The van der Waals surface area contributed by atoms with Gasteiger partial charge in [-0.05, 0) is 30.9 Å². The standard InChI is InChI=1S/C14H20N2O3/c1-2-3-8-19-14-9-11(10-15-12-5-6-12)4-7-13(14)16(17)18/h4,7,9,12,15H,2-3,5-6,8,10H2,1H3. The van der Waals surface area contributed by atoms with Gasteiger partial charge in [0.1, 0.15) is 0 Å². The minimum absolute atomic E-state index is 0.0475. The lowest BCUT2D eigenvalue weighted by Crippen LogP contribution is -2.15. The largest absolute Gasteiger partial charge is 0.487 e. The van der Waals surface area contributed by atoms with Crippen molar-refractivity contribution in [2.24, 2.45) is 0 Å². The fraction of sp³-hybridized carbons (Fsp3) is 0.571. The quantitative estimate of drug-likeness (QED) is 0.445. The number of rotatable bonds is 8. The van der Waals surface area contributed by atoms with E-state index in [2.05, 4.69) is 12.2 Å². The molecule has 1 aliphatic carbocycles.